The summed E-state index contributed by atoms with van der Waals surface area (Å²) in [5.74, 6) is 1.60. The molecule has 3 aliphatic rings. The normalized spacial score (nSPS) is 31.2. The Labute approximate surface area is 132 Å². The summed E-state index contributed by atoms with van der Waals surface area (Å²) in [6, 6.07) is 8.87. The second kappa shape index (κ2) is 5.74. The molecule has 0 radical (unpaired) electrons. The van der Waals surface area contributed by atoms with E-state index in [2.05, 4.69) is 23.5 Å². The third-order valence-electron chi connectivity index (χ3n) is 5.75. The van der Waals surface area contributed by atoms with Crippen LogP contribution in [0, 0.1) is 11.3 Å². The Balaban J connectivity index is 1.43. The van der Waals surface area contributed by atoms with E-state index in [1.54, 1.807) is 7.11 Å². The monoisotopic (exact) mass is 303 g/mol. The summed E-state index contributed by atoms with van der Waals surface area (Å²) in [6.45, 7) is 2.14. The molecule has 22 heavy (non-hydrogen) atoms. The van der Waals surface area contributed by atoms with Gasteiger partial charge in [-0.15, -0.1) is 0 Å². The van der Waals surface area contributed by atoms with Crippen molar-refractivity contribution in [2.45, 2.75) is 37.8 Å². The quantitative estimate of drug-likeness (QED) is 0.820. The van der Waals surface area contributed by atoms with Crippen LogP contribution in [0.4, 0.5) is 5.69 Å². The summed E-state index contributed by atoms with van der Waals surface area (Å²) in [5.41, 5.74) is 1.57. The topological polar surface area (TPSA) is 39.7 Å². The van der Waals surface area contributed by atoms with E-state index in [0.29, 0.717) is 36.7 Å². The second-order valence-corrected chi connectivity index (χ2v) is 6.82. The van der Waals surface area contributed by atoms with Crippen LogP contribution in [0.25, 0.3) is 0 Å². The maximum Gasteiger partial charge on any atom is 0.121 e. The molecule has 1 spiro atoms. The number of rotatable bonds is 6. The lowest BCUT2D eigenvalue weighted by Crippen LogP contribution is -2.68. The molecule has 1 aliphatic heterocycles. The van der Waals surface area contributed by atoms with Crippen molar-refractivity contribution in [2.75, 3.05) is 32.2 Å². The van der Waals surface area contributed by atoms with Gasteiger partial charge in [0.15, 0.2) is 0 Å². The summed E-state index contributed by atoms with van der Waals surface area (Å²) < 4.78 is 16.7. The van der Waals surface area contributed by atoms with Gasteiger partial charge in [0.25, 0.3) is 0 Å². The molecule has 1 heterocycles. The highest BCUT2D eigenvalue weighted by Crippen LogP contribution is 2.63. The number of benzene rings is 1. The minimum Gasteiger partial charge on any atom is -0.491 e. The number of hydrogen-bond acceptors (Lipinski definition) is 4. The zero-order valence-electron chi connectivity index (χ0n) is 13.2. The Morgan fingerprint density at radius 3 is 3.00 bits per heavy atom. The van der Waals surface area contributed by atoms with Crippen LogP contribution in [0.1, 0.15) is 25.7 Å². The fraction of sp³-hybridized carbons (Fsp3) is 0.667. The van der Waals surface area contributed by atoms with Gasteiger partial charge in [0.2, 0.25) is 0 Å². The van der Waals surface area contributed by atoms with Crippen LogP contribution < -0.4 is 10.1 Å². The van der Waals surface area contributed by atoms with Crippen LogP contribution in [-0.2, 0) is 9.47 Å². The van der Waals surface area contributed by atoms with E-state index in [4.69, 9.17) is 14.2 Å². The number of anilines is 1. The van der Waals surface area contributed by atoms with Crippen LogP contribution in [0.3, 0.4) is 0 Å². The zero-order chi connectivity index (χ0) is 15.0. The standard InChI is InChI=1S/C18H25NO3/c1-20-10-11-21-14-5-2-4-13(12-14)19-16-15-6-9-22-17(15)18(16)7-3-8-18/h2,4-5,12,15-17,19H,3,6-11H2,1H3/t15-,16+,17+/m0/s1. The average molecular weight is 303 g/mol. The minimum atomic E-state index is 0.411. The Bertz CT molecular complexity index is 529. The number of fused-ring (bicyclic) bond motifs is 2. The predicted molar refractivity (Wildman–Crippen MR) is 85.4 cm³/mol. The largest absolute Gasteiger partial charge is 0.491 e. The third-order valence-corrected chi connectivity index (χ3v) is 5.75. The van der Waals surface area contributed by atoms with Crippen molar-refractivity contribution in [1.82, 2.24) is 0 Å². The summed E-state index contributed by atoms with van der Waals surface area (Å²) >= 11 is 0. The van der Waals surface area contributed by atoms with Crippen molar-refractivity contribution in [2.24, 2.45) is 11.3 Å². The highest BCUT2D eigenvalue weighted by molar-refractivity contribution is 5.50. The molecular formula is C18H25NO3. The first-order valence-corrected chi connectivity index (χ1v) is 8.43. The van der Waals surface area contributed by atoms with Gasteiger partial charge in [0, 0.05) is 42.8 Å². The van der Waals surface area contributed by atoms with Crippen LogP contribution in [0.2, 0.25) is 0 Å². The van der Waals surface area contributed by atoms with E-state index in [0.717, 1.165) is 18.0 Å². The molecule has 4 heteroatoms. The summed E-state index contributed by atoms with van der Waals surface area (Å²) in [6.07, 6.45) is 5.70. The molecule has 0 unspecified atom stereocenters. The first kappa shape index (κ1) is 14.3. The average Bonchev–Trinajstić information content (AvgIpc) is 2.89. The van der Waals surface area contributed by atoms with E-state index in [1.807, 2.05) is 6.07 Å². The molecule has 1 aromatic rings. The van der Waals surface area contributed by atoms with E-state index < -0.39 is 0 Å². The highest BCUT2D eigenvalue weighted by atomic mass is 16.5. The van der Waals surface area contributed by atoms with Gasteiger partial charge in [-0.05, 0) is 31.4 Å². The van der Waals surface area contributed by atoms with Gasteiger partial charge in [-0.1, -0.05) is 12.5 Å². The molecule has 4 nitrogen and oxygen atoms in total. The molecule has 0 amide bonds. The molecule has 2 aliphatic carbocycles. The van der Waals surface area contributed by atoms with Gasteiger partial charge in [0.05, 0.1) is 12.7 Å². The second-order valence-electron chi connectivity index (χ2n) is 6.82. The maximum atomic E-state index is 5.99. The summed E-state index contributed by atoms with van der Waals surface area (Å²) in [4.78, 5) is 0. The van der Waals surface area contributed by atoms with Crippen molar-refractivity contribution in [3.63, 3.8) is 0 Å². The first-order valence-electron chi connectivity index (χ1n) is 8.43. The molecular weight excluding hydrogens is 278 g/mol. The Kier molecular flexibility index (Phi) is 3.74. The molecule has 1 aromatic carbocycles. The lowest BCUT2D eigenvalue weighted by molar-refractivity contribution is -0.158. The number of ether oxygens (including phenoxy) is 3. The van der Waals surface area contributed by atoms with Gasteiger partial charge < -0.3 is 19.5 Å². The van der Waals surface area contributed by atoms with Crippen LogP contribution >= 0.6 is 0 Å². The van der Waals surface area contributed by atoms with Crippen LogP contribution in [-0.4, -0.2) is 39.1 Å². The van der Waals surface area contributed by atoms with Crippen molar-refractivity contribution in [3.8, 4) is 5.75 Å². The van der Waals surface area contributed by atoms with Crippen molar-refractivity contribution in [1.29, 1.82) is 0 Å². The zero-order valence-corrected chi connectivity index (χ0v) is 13.2. The molecule has 3 fully saturated rings. The van der Waals surface area contributed by atoms with Crippen molar-refractivity contribution in [3.05, 3.63) is 24.3 Å². The molecule has 0 bridgehead atoms. The fourth-order valence-electron chi connectivity index (χ4n) is 4.55. The van der Waals surface area contributed by atoms with Crippen molar-refractivity contribution < 1.29 is 14.2 Å². The van der Waals surface area contributed by atoms with E-state index >= 15 is 0 Å². The SMILES string of the molecule is COCCOc1cccc(N[C@@H]2[C@@H]3CCO[C@H]3C23CCC3)c1. The van der Waals surface area contributed by atoms with Gasteiger partial charge in [-0.3, -0.25) is 0 Å². The highest BCUT2D eigenvalue weighted by Gasteiger charge is 2.66. The molecule has 120 valence electrons. The summed E-state index contributed by atoms with van der Waals surface area (Å²) in [7, 11) is 1.69. The molecule has 2 saturated carbocycles. The minimum absolute atomic E-state index is 0.411. The number of nitrogens with one attached hydrogen (secondary N) is 1. The Hall–Kier alpha value is -1.26. The first-order chi connectivity index (χ1) is 10.8. The number of hydrogen-bond donors (Lipinski definition) is 1. The third kappa shape index (κ3) is 2.20. The molecule has 4 rings (SSSR count). The molecule has 0 aromatic heterocycles. The molecule has 3 atom stereocenters. The Morgan fingerprint density at radius 2 is 2.23 bits per heavy atom. The number of methoxy groups -OCH3 is 1. The Morgan fingerprint density at radius 1 is 1.32 bits per heavy atom. The van der Waals surface area contributed by atoms with E-state index in [-0.39, 0.29) is 0 Å². The van der Waals surface area contributed by atoms with Crippen LogP contribution in [0.5, 0.6) is 5.75 Å². The van der Waals surface area contributed by atoms with E-state index in [9.17, 15) is 0 Å². The van der Waals surface area contributed by atoms with Gasteiger partial charge in [-0.2, -0.15) is 0 Å². The van der Waals surface area contributed by atoms with E-state index in [1.165, 1.54) is 25.7 Å². The van der Waals surface area contributed by atoms with Gasteiger partial charge in [0.1, 0.15) is 12.4 Å². The lowest BCUT2D eigenvalue weighted by atomic mass is 9.46. The van der Waals surface area contributed by atoms with Crippen molar-refractivity contribution >= 4 is 5.69 Å². The van der Waals surface area contributed by atoms with Gasteiger partial charge in [-0.25, -0.2) is 0 Å². The molecule has 1 saturated heterocycles. The van der Waals surface area contributed by atoms with Crippen LogP contribution in [0.15, 0.2) is 24.3 Å². The predicted octanol–water partition coefficient (Wildman–Crippen LogP) is 3.08. The van der Waals surface area contributed by atoms with Gasteiger partial charge >= 0.3 is 0 Å². The maximum absolute atomic E-state index is 5.99. The lowest BCUT2D eigenvalue weighted by Gasteiger charge is -2.63. The fourth-order valence-corrected chi connectivity index (χ4v) is 4.55. The summed E-state index contributed by atoms with van der Waals surface area (Å²) in [5, 5.41) is 3.78. The smallest absolute Gasteiger partial charge is 0.121 e. The molecule has 1 N–H and O–H groups in total.